The van der Waals surface area contributed by atoms with E-state index >= 15 is 0 Å². The first kappa shape index (κ1) is 10.2. The third-order valence-electron chi connectivity index (χ3n) is 2.15. The maximum Gasteiger partial charge on any atom is 0.0723 e. The molecule has 1 aromatic heterocycles. The van der Waals surface area contributed by atoms with E-state index in [1.807, 2.05) is 24.3 Å². The zero-order valence-corrected chi connectivity index (χ0v) is 9.55. The third-order valence-corrected chi connectivity index (χ3v) is 2.38. The number of nitrogens with one attached hydrogen (secondary N) is 1. The third kappa shape index (κ3) is 2.21. The zero-order chi connectivity index (χ0) is 10.8. The molecule has 2 nitrogen and oxygen atoms in total. The van der Waals surface area contributed by atoms with Gasteiger partial charge in [0.15, 0.2) is 0 Å². The van der Waals surface area contributed by atoms with E-state index in [2.05, 4.69) is 24.1 Å². The maximum atomic E-state index is 5.97. The Morgan fingerprint density at radius 3 is 2.80 bits per heavy atom. The van der Waals surface area contributed by atoms with Crippen LogP contribution in [0.15, 0.2) is 30.5 Å². The molecule has 0 aliphatic heterocycles. The molecule has 2 aromatic rings. The lowest BCUT2D eigenvalue weighted by atomic mass is 10.2. The van der Waals surface area contributed by atoms with Crippen molar-refractivity contribution in [3.8, 4) is 0 Å². The number of aromatic nitrogens is 1. The quantitative estimate of drug-likeness (QED) is 0.835. The fourth-order valence-electron chi connectivity index (χ4n) is 1.56. The van der Waals surface area contributed by atoms with Crippen LogP contribution < -0.4 is 5.32 Å². The van der Waals surface area contributed by atoms with Crippen molar-refractivity contribution in [2.24, 2.45) is 0 Å². The number of fused-ring (bicyclic) bond motifs is 1. The number of anilines is 1. The van der Waals surface area contributed by atoms with E-state index in [0.29, 0.717) is 6.04 Å². The summed E-state index contributed by atoms with van der Waals surface area (Å²) in [5, 5.41) is 5.18. The van der Waals surface area contributed by atoms with Crippen molar-refractivity contribution >= 4 is 28.2 Å². The molecule has 0 aliphatic carbocycles. The van der Waals surface area contributed by atoms with Crippen LogP contribution in [0.5, 0.6) is 0 Å². The molecule has 0 bridgehead atoms. The SMILES string of the molecule is CC(C)Nc1ccnc2ccc(Cl)cc12. The number of rotatable bonds is 2. The molecule has 0 aliphatic rings. The highest BCUT2D eigenvalue weighted by molar-refractivity contribution is 6.31. The second-order valence-corrected chi connectivity index (χ2v) is 4.26. The smallest absolute Gasteiger partial charge is 0.0723 e. The van der Waals surface area contributed by atoms with Gasteiger partial charge < -0.3 is 5.32 Å². The van der Waals surface area contributed by atoms with E-state index < -0.39 is 0 Å². The average Bonchev–Trinajstić information content (AvgIpc) is 2.18. The van der Waals surface area contributed by atoms with Crippen LogP contribution in [0.3, 0.4) is 0 Å². The van der Waals surface area contributed by atoms with E-state index in [-0.39, 0.29) is 0 Å². The Hall–Kier alpha value is -1.28. The van der Waals surface area contributed by atoms with Gasteiger partial charge >= 0.3 is 0 Å². The second kappa shape index (κ2) is 4.07. The molecule has 1 aromatic carbocycles. The highest BCUT2D eigenvalue weighted by Gasteiger charge is 2.03. The zero-order valence-electron chi connectivity index (χ0n) is 8.79. The Kier molecular flexibility index (Phi) is 2.78. The summed E-state index contributed by atoms with van der Waals surface area (Å²) in [6, 6.07) is 8.10. The van der Waals surface area contributed by atoms with Gasteiger partial charge in [0.2, 0.25) is 0 Å². The number of nitrogens with zero attached hydrogens (tertiary/aromatic N) is 1. The molecule has 0 saturated carbocycles. The minimum atomic E-state index is 0.398. The number of hydrogen-bond donors (Lipinski definition) is 1. The summed E-state index contributed by atoms with van der Waals surface area (Å²) in [7, 11) is 0. The topological polar surface area (TPSA) is 24.9 Å². The lowest BCUT2D eigenvalue weighted by Gasteiger charge is -2.12. The van der Waals surface area contributed by atoms with Gasteiger partial charge in [0.25, 0.3) is 0 Å². The summed E-state index contributed by atoms with van der Waals surface area (Å²) in [4.78, 5) is 4.29. The first-order valence-electron chi connectivity index (χ1n) is 4.97. The number of benzene rings is 1. The molecule has 1 heterocycles. The first-order chi connectivity index (χ1) is 7.16. The lowest BCUT2D eigenvalue weighted by molar-refractivity contribution is 0.901. The second-order valence-electron chi connectivity index (χ2n) is 3.82. The molecule has 0 spiro atoms. The molecule has 0 atom stereocenters. The van der Waals surface area contributed by atoms with E-state index in [9.17, 15) is 0 Å². The van der Waals surface area contributed by atoms with Crippen molar-refractivity contribution < 1.29 is 0 Å². The van der Waals surface area contributed by atoms with Crippen LogP contribution in [0.1, 0.15) is 13.8 Å². The van der Waals surface area contributed by atoms with Crippen LogP contribution in [0, 0.1) is 0 Å². The molecule has 15 heavy (non-hydrogen) atoms. The van der Waals surface area contributed by atoms with Crippen LogP contribution in [-0.4, -0.2) is 11.0 Å². The van der Waals surface area contributed by atoms with Crippen molar-refractivity contribution in [2.75, 3.05) is 5.32 Å². The summed E-state index contributed by atoms with van der Waals surface area (Å²) in [6.07, 6.45) is 1.81. The van der Waals surface area contributed by atoms with E-state index in [4.69, 9.17) is 11.6 Å². The van der Waals surface area contributed by atoms with E-state index in [0.717, 1.165) is 21.6 Å². The molecule has 2 rings (SSSR count). The first-order valence-corrected chi connectivity index (χ1v) is 5.35. The highest BCUT2D eigenvalue weighted by atomic mass is 35.5. The van der Waals surface area contributed by atoms with Gasteiger partial charge in [-0.1, -0.05) is 11.6 Å². The predicted molar refractivity (Wildman–Crippen MR) is 65.5 cm³/mol. The molecule has 0 amide bonds. The van der Waals surface area contributed by atoms with Crippen LogP contribution in [0.25, 0.3) is 10.9 Å². The van der Waals surface area contributed by atoms with Gasteiger partial charge in [-0.25, -0.2) is 0 Å². The minimum absolute atomic E-state index is 0.398. The van der Waals surface area contributed by atoms with Crippen molar-refractivity contribution in [2.45, 2.75) is 19.9 Å². The number of hydrogen-bond acceptors (Lipinski definition) is 2. The van der Waals surface area contributed by atoms with Crippen molar-refractivity contribution in [1.29, 1.82) is 0 Å². The maximum absolute atomic E-state index is 5.97. The Labute approximate surface area is 94.3 Å². The van der Waals surface area contributed by atoms with Crippen LogP contribution in [0.4, 0.5) is 5.69 Å². The van der Waals surface area contributed by atoms with Crippen LogP contribution in [-0.2, 0) is 0 Å². The normalized spacial score (nSPS) is 10.9. The molecular weight excluding hydrogens is 208 g/mol. The fourth-order valence-corrected chi connectivity index (χ4v) is 1.73. The van der Waals surface area contributed by atoms with Crippen molar-refractivity contribution in [1.82, 2.24) is 4.98 Å². The Bertz CT molecular complexity index is 480. The molecule has 1 N–H and O–H groups in total. The molecular formula is C12H13ClN2. The molecule has 0 saturated heterocycles. The molecule has 0 unspecified atom stereocenters. The number of halogens is 1. The van der Waals surface area contributed by atoms with E-state index in [1.165, 1.54) is 0 Å². The molecule has 0 fully saturated rings. The van der Waals surface area contributed by atoms with Crippen LogP contribution >= 0.6 is 11.6 Å². The van der Waals surface area contributed by atoms with Gasteiger partial charge in [0.1, 0.15) is 0 Å². The fraction of sp³-hybridized carbons (Fsp3) is 0.250. The summed E-state index contributed by atoms with van der Waals surface area (Å²) in [5.41, 5.74) is 2.04. The Morgan fingerprint density at radius 2 is 2.07 bits per heavy atom. The Balaban J connectivity index is 2.58. The van der Waals surface area contributed by atoms with Crippen molar-refractivity contribution in [3.63, 3.8) is 0 Å². The van der Waals surface area contributed by atoms with Gasteiger partial charge in [-0.3, -0.25) is 4.98 Å². The van der Waals surface area contributed by atoms with Gasteiger partial charge in [0, 0.05) is 28.3 Å². The standard InChI is InChI=1S/C12H13ClN2/c1-8(2)15-12-5-6-14-11-4-3-9(13)7-10(11)12/h3-8H,1-2H3,(H,14,15). The van der Waals surface area contributed by atoms with Gasteiger partial charge in [-0.2, -0.15) is 0 Å². The summed E-state index contributed by atoms with van der Waals surface area (Å²) < 4.78 is 0. The van der Waals surface area contributed by atoms with Gasteiger partial charge in [0.05, 0.1) is 5.52 Å². The van der Waals surface area contributed by atoms with Gasteiger partial charge in [-0.15, -0.1) is 0 Å². The summed E-state index contributed by atoms with van der Waals surface area (Å²) >= 11 is 5.97. The van der Waals surface area contributed by atoms with E-state index in [1.54, 1.807) is 6.20 Å². The summed E-state index contributed by atoms with van der Waals surface area (Å²) in [6.45, 7) is 4.22. The van der Waals surface area contributed by atoms with Gasteiger partial charge in [-0.05, 0) is 38.1 Å². The van der Waals surface area contributed by atoms with Crippen LogP contribution in [0.2, 0.25) is 5.02 Å². The summed E-state index contributed by atoms with van der Waals surface area (Å²) in [5.74, 6) is 0. The highest BCUT2D eigenvalue weighted by Crippen LogP contribution is 2.25. The number of pyridine rings is 1. The molecule has 78 valence electrons. The molecule has 0 radical (unpaired) electrons. The predicted octanol–water partition coefficient (Wildman–Crippen LogP) is 3.71. The minimum Gasteiger partial charge on any atom is -0.382 e. The monoisotopic (exact) mass is 220 g/mol. The van der Waals surface area contributed by atoms with Crippen molar-refractivity contribution in [3.05, 3.63) is 35.5 Å². The largest absolute Gasteiger partial charge is 0.382 e. The Morgan fingerprint density at radius 1 is 1.27 bits per heavy atom. The molecule has 3 heteroatoms. The lowest BCUT2D eigenvalue weighted by Crippen LogP contribution is -2.09. The average molecular weight is 221 g/mol.